The van der Waals surface area contributed by atoms with Crippen molar-refractivity contribution in [1.29, 1.82) is 0 Å². The fourth-order valence-corrected chi connectivity index (χ4v) is 3.98. The van der Waals surface area contributed by atoms with Gasteiger partial charge >= 0.3 is 0 Å². The summed E-state index contributed by atoms with van der Waals surface area (Å²) in [5, 5.41) is 0. The summed E-state index contributed by atoms with van der Waals surface area (Å²) in [5.74, 6) is 0.728. The van der Waals surface area contributed by atoms with E-state index in [1.807, 2.05) is 12.1 Å². The van der Waals surface area contributed by atoms with Crippen LogP contribution in [0.4, 0.5) is 0 Å². The highest BCUT2D eigenvalue weighted by Gasteiger charge is 2.19. The molecular weight excluding hydrogens is 206 g/mol. The van der Waals surface area contributed by atoms with Gasteiger partial charge in [-0.05, 0) is 18.2 Å². The molecule has 3 nitrogen and oxygen atoms in total. The van der Waals surface area contributed by atoms with Crippen LogP contribution in [0.15, 0.2) is 31.8 Å². The Morgan fingerprint density at radius 3 is 3.00 bits per heavy atom. The smallest absolute Gasteiger partial charge is 0.120 e. The molecule has 1 unspecified atom stereocenters. The Balaban J connectivity index is 2.64. The molecule has 0 saturated carbocycles. The average molecular weight is 215 g/mol. The number of rotatable bonds is 1. The Morgan fingerprint density at radius 1 is 1.54 bits per heavy atom. The standard InChI is InChI=1S/C8H9NO2S2/c1-11-6-3-4-7-8(5-6)13(2,10)9-12-7/h3-5H,1-2H3. The van der Waals surface area contributed by atoms with Gasteiger partial charge in [0, 0.05) is 23.1 Å². The molecule has 0 fully saturated rings. The van der Waals surface area contributed by atoms with Crippen LogP contribution in [0.25, 0.3) is 0 Å². The molecule has 0 amide bonds. The van der Waals surface area contributed by atoms with Gasteiger partial charge in [-0.2, -0.15) is 3.77 Å². The van der Waals surface area contributed by atoms with E-state index in [-0.39, 0.29) is 0 Å². The van der Waals surface area contributed by atoms with E-state index in [0.29, 0.717) is 0 Å². The third-order valence-electron chi connectivity index (χ3n) is 1.84. The molecule has 0 aliphatic carbocycles. The minimum absolute atomic E-state index is 0.728. The minimum Gasteiger partial charge on any atom is -0.497 e. The molecule has 1 heterocycles. The lowest BCUT2D eigenvalue weighted by molar-refractivity contribution is 0.413. The van der Waals surface area contributed by atoms with Crippen molar-refractivity contribution in [1.82, 2.24) is 0 Å². The van der Waals surface area contributed by atoms with Crippen LogP contribution in [0, 0.1) is 0 Å². The number of benzene rings is 1. The monoisotopic (exact) mass is 215 g/mol. The third-order valence-corrected chi connectivity index (χ3v) is 5.11. The largest absolute Gasteiger partial charge is 0.497 e. The Labute approximate surface area is 81.8 Å². The van der Waals surface area contributed by atoms with Crippen LogP contribution < -0.4 is 4.74 Å². The fraction of sp³-hybridized carbons (Fsp3) is 0.250. The second-order valence-corrected chi connectivity index (χ2v) is 6.04. The van der Waals surface area contributed by atoms with Gasteiger partial charge in [0.2, 0.25) is 0 Å². The first-order chi connectivity index (χ1) is 6.13. The van der Waals surface area contributed by atoms with Crippen LogP contribution in [-0.2, 0) is 9.73 Å². The Bertz CT molecular complexity index is 461. The molecule has 1 aliphatic rings. The quantitative estimate of drug-likeness (QED) is 0.674. The van der Waals surface area contributed by atoms with E-state index in [9.17, 15) is 4.21 Å². The Hall–Kier alpha value is -0.680. The van der Waals surface area contributed by atoms with E-state index in [1.54, 1.807) is 19.4 Å². The van der Waals surface area contributed by atoms with E-state index in [0.717, 1.165) is 15.5 Å². The van der Waals surface area contributed by atoms with Gasteiger partial charge in [-0.15, -0.1) is 0 Å². The maximum Gasteiger partial charge on any atom is 0.120 e. The van der Waals surface area contributed by atoms with Gasteiger partial charge in [-0.1, -0.05) is 0 Å². The second-order valence-electron chi connectivity index (χ2n) is 2.78. The molecule has 0 bridgehead atoms. The molecule has 1 atom stereocenters. The van der Waals surface area contributed by atoms with Gasteiger partial charge in [-0.25, -0.2) is 4.21 Å². The van der Waals surface area contributed by atoms with E-state index in [1.165, 1.54) is 11.9 Å². The van der Waals surface area contributed by atoms with Crippen molar-refractivity contribution in [2.45, 2.75) is 9.79 Å². The van der Waals surface area contributed by atoms with Crippen LogP contribution in [0.3, 0.4) is 0 Å². The van der Waals surface area contributed by atoms with Crippen molar-refractivity contribution in [3.8, 4) is 5.75 Å². The first kappa shape index (κ1) is 8.90. The van der Waals surface area contributed by atoms with E-state index >= 15 is 0 Å². The average Bonchev–Trinajstić information content (AvgIpc) is 2.42. The number of ether oxygens (including phenoxy) is 1. The molecule has 0 spiro atoms. The first-order valence-corrected chi connectivity index (χ1v) is 6.40. The summed E-state index contributed by atoms with van der Waals surface area (Å²) in [6.07, 6.45) is 1.64. The minimum atomic E-state index is -2.18. The van der Waals surface area contributed by atoms with Crippen molar-refractivity contribution in [2.75, 3.05) is 13.4 Å². The van der Waals surface area contributed by atoms with Gasteiger partial charge in [0.1, 0.15) is 5.75 Å². The number of methoxy groups -OCH3 is 1. The fourth-order valence-electron chi connectivity index (χ4n) is 1.14. The zero-order valence-electron chi connectivity index (χ0n) is 7.31. The second kappa shape index (κ2) is 2.92. The zero-order chi connectivity index (χ0) is 9.47. The molecule has 13 heavy (non-hydrogen) atoms. The normalized spacial score (nSPS) is 25.1. The highest BCUT2D eigenvalue weighted by atomic mass is 32.2. The summed E-state index contributed by atoms with van der Waals surface area (Å²) in [7, 11) is -0.585. The van der Waals surface area contributed by atoms with Gasteiger partial charge in [-0.3, -0.25) is 0 Å². The summed E-state index contributed by atoms with van der Waals surface area (Å²) >= 11 is 1.29. The maximum absolute atomic E-state index is 11.8. The van der Waals surface area contributed by atoms with Crippen LogP contribution in [0.5, 0.6) is 5.75 Å². The molecule has 70 valence electrons. The van der Waals surface area contributed by atoms with Gasteiger partial charge in [0.15, 0.2) is 0 Å². The number of hydrogen-bond donors (Lipinski definition) is 0. The molecule has 1 aromatic carbocycles. The van der Waals surface area contributed by atoms with Gasteiger partial charge in [0.25, 0.3) is 0 Å². The highest BCUT2D eigenvalue weighted by Crippen LogP contribution is 2.38. The summed E-state index contributed by atoms with van der Waals surface area (Å²) in [4.78, 5) is 1.75. The Kier molecular flexibility index (Phi) is 2.00. The molecule has 2 rings (SSSR count). The first-order valence-electron chi connectivity index (χ1n) is 3.70. The molecule has 0 aromatic heterocycles. The van der Waals surface area contributed by atoms with Crippen LogP contribution in [0.2, 0.25) is 0 Å². The molecule has 5 heteroatoms. The van der Waals surface area contributed by atoms with Crippen molar-refractivity contribution in [3.05, 3.63) is 18.2 Å². The van der Waals surface area contributed by atoms with E-state index in [4.69, 9.17) is 4.74 Å². The lowest BCUT2D eigenvalue weighted by Gasteiger charge is -2.03. The van der Waals surface area contributed by atoms with Crippen LogP contribution >= 0.6 is 11.9 Å². The lowest BCUT2D eigenvalue weighted by Crippen LogP contribution is -1.94. The maximum atomic E-state index is 11.8. The van der Waals surface area contributed by atoms with Gasteiger partial charge in [0.05, 0.1) is 21.7 Å². The van der Waals surface area contributed by atoms with Crippen molar-refractivity contribution in [3.63, 3.8) is 0 Å². The summed E-state index contributed by atoms with van der Waals surface area (Å²) in [6, 6.07) is 5.53. The summed E-state index contributed by atoms with van der Waals surface area (Å²) in [6.45, 7) is 0. The summed E-state index contributed by atoms with van der Waals surface area (Å²) in [5.41, 5.74) is 0. The highest BCUT2D eigenvalue weighted by molar-refractivity contribution is 8.09. The molecule has 0 radical (unpaired) electrons. The molecule has 1 aromatic rings. The lowest BCUT2D eigenvalue weighted by atomic mass is 10.3. The van der Waals surface area contributed by atoms with Gasteiger partial charge < -0.3 is 4.74 Å². The predicted molar refractivity (Wildman–Crippen MR) is 53.6 cm³/mol. The zero-order valence-corrected chi connectivity index (χ0v) is 8.95. The molecular formula is C8H9NO2S2. The Morgan fingerprint density at radius 2 is 2.31 bits per heavy atom. The molecule has 0 N–H and O–H groups in total. The van der Waals surface area contributed by atoms with Crippen LogP contribution in [-0.4, -0.2) is 17.6 Å². The topological polar surface area (TPSA) is 38.7 Å². The number of fused-ring (bicyclic) bond motifs is 1. The summed E-state index contributed by atoms with van der Waals surface area (Å²) < 4.78 is 20.9. The number of nitrogens with zero attached hydrogens (tertiary/aromatic N) is 1. The van der Waals surface area contributed by atoms with E-state index < -0.39 is 9.73 Å². The van der Waals surface area contributed by atoms with Crippen molar-refractivity contribution >= 4 is 21.7 Å². The van der Waals surface area contributed by atoms with Crippen molar-refractivity contribution < 1.29 is 8.95 Å². The molecule has 0 saturated heterocycles. The van der Waals surface area contributed by atoms with Crippen molar-refractivity contribution in [2.24, 2.45) is 3.77 Å². The van der Waals surface area contributed by atoms with Crippen LogP contribution in [0.1, 0.15) is 0 Å². The number of hydrogen-bond acceptors (Lipinski definition) is 4. The van der Waals surface area contributed by atoms with E-state index in [2.05, 4.69) is 3.77 Å². The SMILES string of the molecule is COc1ccc2c(c1)S(C)(=O)=NS2. The predicted octanol–water partition coefficient (Wildman–Crippen LogP) is 2.17. The molecule has 1 aliphatic heterocycles. The third kappa shape index (κ3) is 1.42.